The quantitative estimate of drug-likeness (QED) is 0.922. The van der Waals surface area contributed by atoms with Gasteiger partial charge in [0.2, 0.25) is 11.2 Å². The number of halogens is 2. The summed E-state index contributed by atoms with van der Waals surface area (Å²) in [7, 11) is 0. The summed E-state index contributed by atoms with van der Waals surface area (Å²) in [6.07, 6.45) is 0. The molecule has 0 saturated heterocycles. The van der Waals surface area contributed by atoms with Gasteiger partial charge in [0.15, 0.2) is 5.16 Å². The van der Waals surface area contributed by atoms with E-state index in [4.69, 9.17) is 17.3 Å². The summed E-state index contributed by atoms with van der Waals surface area (Å²) in [5.41, 5.74) is 5.47. The fraction of sp³-hybridized carbons (Fsp3) is 0. The monoisotopic (exact) mass is 316 g/mol. The highest BCUT2D eigenvalue weighted by molar-refractivity contribution is 9.10. The van der Waals surface area contributed by atoms with E-state index >= 15 is 0 Å². The van der Waals surface area contributed by atoms with E-state index in [2.05, 4.69) is 30.9 Å². The molecule has 2 rings (SSSR count). The van der Waals surface area contributed by atoms with Crippen molar-refractivity contribution >= 4 is 45.2 Å². The topological polar surface area (TPSA) is 64.7 Å². The molecule has 0 atom stereocenters. The number of hydrogen-bond acceptors (Lipinski definition) is 5. The highest BCUT2D eigenvalue weighted by Crippen LogP contribution is 2.26. The number of aromatic nitrogens is 3. The lowest BCUT2D eigenvalue weighted by Crippen LogP contribution is -1.98. The summed E-state index contributed by atoms with van der Waals surface area (Å²) < 4.78 is 1.02. The first kappa shape index (κ1) is 11.6. The molecule has 0 aliphatic carbocycles. The molecule has 0 aliphatic rings. The van der Waals surface area contributed by atoms with E-state index < -0.39 is 0 Å². The highest BCUT2D eigenvalue weighted by atomic mass is 79.9. The lowest BCUT2D eigenvalue weighted by molar-refractivity contribution is 0.917. The van der Waals surface area contributed by atoms with Crippen molar-refractivity contribution in [3.63, 3.8) is 0 Å². The SMILES string of the molecule is Nc1nc(Cl)nc(Sc2ccc(Br)cc2)n1. The predicted octanol–water partition coefficient (Wildman–Crippen LogP) is 3.02. The predicted molar refractivity (Wildman–Crippen MR) is 67.5 cm³/mol. The first-order valence-electron chi connectivity index (χ1n) is 4.24. The highest BCUT2D eigenvalue weighted by Gasteiger charge is 2.04. The second-order valence-corrected chi connectivity index (χ2v) is 5.10. The maximum Gasteiger partial charge on any atom is 0.228 e. The first-order valence-corrected chi connectivity index (χ1v) is 6.23. The zero-order valence-corrected chi connectivity index (χ0v) is 11.1. The number of nitrogens with zero attached hydrogens (tertiary/aromatic N) is 3. The van der Waals surface area contributed by atoms with Gasteiger partial charge < -0.3 is 5.73 Å². The van der Waals surface area contributed by atoms with Crippen LogP contribution in [0.25, 0.3) is 0 Å². The summed E-state index contributed by atoms with van der Waals surface area (Å²) in [5, 5.41) is 0.590. The maximum atomic E-state index is 5.68. The molecule has 0 amide bonds. The summed E-state index contributed by atoms with van der Waals surface area (Å²) in [6, 6.07) is 7.77. The smallest absolute Gasteiger partial charge is 0.228 e. The Balaban J connectivity index is 2.23. The molecular weight excluding hydrogens is 312 g/mol. The number of nitrogen functional groups attached to an aromatic ring is 1. The fourth-order valence-corrected chi connectivity index (χ4v) is 2.24. The van der Waals surface area contributed by atoms with Gasteiger partial charge >= 0.3 is 0 Å². The van der Waals surface area contributed by atoms with Crippen LogP contribution in [0.1, 0.15) is 0 Å². The number of rotatable bonds is 2. The normalized spacial score (nSPS) is 10.4. The van der Waals surface area contributed by atoms with Crippen molar-refractivity contribution in [1.82, 2.24) is 15.0 Å². The van der Waals surface area contributed by atoms with Gasteiger partial charge in [0.05, 0.1) is 0 Å². The molecular formula is C9H6BrClN4S. The van der Waals surface area contributed by atoms with Crippen molar-refractivity contribution in [2.24, 2.45) is 0 Å². The Morgan fingerprint density at radius 1 is 1.12 bits per heavy atom. The standard InChI is InChI=1S/C9H6BrClN4S/c10-5-1-3-6(4-2-5)16-9-14-7(11)13-8(12)15-9/h1-4H,(H2,12,13,14,15). The Morgan fingerprint density at radius 2 is 1.81 bits per heavy atom. The van der Waals surface area contributed by atoms with Gasteiger partial charge in [-0.2, -0.15) is 15.0 Å². The molecule has 0 unspecified atom stereocenters. The molecule has 0 fully saturated rings. The third-order valence-corrected chi connectivity index (χ3v) is 3.20. The van der Waals surface area contributed by atoms with Crippen LogP contribution in [0, 0.1) is 0 Å². The van der Waals surface area contributed by atoms with E-state index in [1.807, 2.05) is 24.3 Å². The zero-order chi connectivity index (χ0) is 11.5. The van der Waals surface area contributed by atoms with Crippen LogP contribution in [0.4, 0.5) is 5.95 Å². The van der Waals surface area contributed by atoms with Gasteiger partial charge in [0.1, 0.15) is 0 Å². The molecule has 1 aromatic heterocycles. The second kappa shape index (κ2) is 4.99. The average Bonchev–Trinajstić information content (AvgIpc) is 2.20. The molecule has 0 radical (unpaired) electrons. The number of nitrogens with two attached hydrogens (primary N) is 1. The molecule has 0 bridgehead atoms. The zero-order valence-electron chi connectivity index (χ0n) is 7.89. The van der Waals surface area contributed by atoms with E-state index in [-0.39, 0.29) is 11.2 Å². The van der Waals surface area contributed by atoms with Crippen molar-refractivity contribution in [3.8, 4) is 0 Å². The summed E-state index contributed by atoms with van der Waals surface area (Å²) in [5.74, 6) is 0.125. The Bertz CT molecular complexity index is 485. The molecule has 1 heterocycles. The Morgan fingerprint density at radius 3 is 2.44 bits per heavy atom. The van der Waals surface area contributed by atoms with Crippen molar-refractivity contribution in [2.45, 2.75) is 10.1 Å². The largest absolute Gasteiger partial charge is 0.368 e. The summed E-state index contributed by atoms with van der Waals surface area (Å²) in [6.45, 7) is 0. The minimum atomic E-state index is 0.104. The van der Waals surface area contributed by atoms with Gasteiger partial charge in [0, 0.05) is 9.37 Å². The van der Waals surface area contributed by atoms with Crippen LogP contribution in [-0.2, 0) is 0 Å². The molecule has 0 aliphatic heterocycles. The summed E-state index contributed by atoms with van der Waals surface area (Å²) in [4.78, 5) is 12.6. The van der Waals surface area contributed by atoms with Crippen LogP contribution in [0.5, 0.6) is 0 Å². The second-order valence-electron chi connectivity index (χ2n) is 2.80. The van der Waals surface area contributed by atoms with Crippen LogP contribution in [0.2, 0.25) is 5.28 Å². The third kappa shape index (κ3) is 3.07. The minimum absolute atomic E-state index is 0.104. The van der Waals surface area contributed by atoms with Gasteiger partial charge in [-0.05, 0) is 47.6 Å². The molecule has 1 aromatic carbocycles. The van der Waals surface area contributed by atoms with Crippen LogP contribution >= 0.6 is 39.3 Å². The van der Waals surface area contributed by atoms with Crippen LogP contribution in [0.3, 0.4) is 0 Å². The van der Waals surface area contributed by atoms with Crippen molar-refractivity contribution in [2.75, 3.05) is 5.73 Å². The van der Waals surface area contributed by atoms with Gasteiger partial charge in [0.25, 0.3) is 0 Å². The first-order chi connectivity index (χ1) is 7.63. The number of anilines is 1. The van der Waals surface area contributed by atoms with Gasteiger partial charge in [-0.3, -0.25) is 0 Å². The van der Waals surface area contributed by atoms with E-state index in [9.17, 15) is 0 Å². The Kier molecular flexibility index (Phi) is 3.63. The lowest BCUT2D eigenvalue weighted by Gasteiger charge is -2.01. The molecule has 7 heteroatoms. The van der Waals surface area contributed by atoms with Crippen molar-refractivity contribution in [3.05, 3.63) is 34.0 Å². The molecule has 2 N–H and O–H groups in total. The van der Waals surface area contributed by atoms with Crippen molar-refractivity contribution in [1.29, 1.82) is 0 Å². The molecule has 0 spiro atoms. The van der Waals surface area contributed by atoms with Gasteiger partial charge in [-0.1, -0.05) is 15.9 Å². The lowest BCUT2D eigenvalue weighted by atomic mass is 10.4. The van der Waals surface area contributed by atoms with Crippen LogP contribution < -0.4 is 5.73 Å². The maximum absolute atomic E-state index is 5.68. The van der Waals surface area contributed by atoms with E-state index in [0.717, 1.165) is 9.37 Å². The van der Waals surface area contributed by atoms with Gasteiger partial charge in [-0.15, -0.1) is 0 Å². The van der Waals surface area contributed by atoms with E-state index in [1.165, 1.54) is 11.8 Å². The van der Waals surface area contributed by atoms with Crippen LogP contribution in [-0.4, -0.2) is 15.0 Å². The van der Waals surface area contributed by atoms with Crippen LogP contribution in [0.15, 0.2) is 38.8 Å². The Hall–Kier alpha value is -0.850. The van der Waals surface area contributed by atoms with E-state index in [0.29, 0.717) is 5.16 Å². The van der Waals surface area contributed by atoms with Gasteiger partial charge in [-0.25, -0.2) is 0 Å². The fourth-order valence-electron chi connectivity index (χ4n) is 1.00. The minimum Gasteiger partial charge on any atom is -0.368 e. The molecule has 2 aromatic rings. The molecule has 4 nitrogen and oxygen atoms in total. The van der Waals surface area contributed by atoms with Crippen molar-refractivity contribution < 1.29 is 0 Å². The molecule has 82 valence electrons. The average molecular weight is 318 g/mol. The van der Waals surface area contributed by atoms with E-state index in [1.54, 1.807) is 0 Å². The molecule has 0 saturated carbocycles. The third-order valence-electron chi connectivity index (χ3n) is 1.63. The number of benzene rings is 1. The number of hydrogen-bond donors (Lipinski definition) is 1. The Labute approximate surface area is 110 Å². The molecule has 16 heavy (non-hydrogen) atoms. The summed E-state index contributed by atoms with van der Waals surface area (Å²) >= 11 is 10.4.